The van der Waals surface area contributed by atoms with E-state index in [1.54, 1.807) is 4.90 Å². The number of rotatable bonds is 1. The summed E-state index contributed by atoms with van der Waals surface area (Å²) >= 11 is 0. The number of nitrogens with one attached hydrogen (secondary N) is 1. The Kier molecular flexibility index (Phi) is 2.27. The number of hydrogen-bond donors (Lipinski definition) is 1. The molecule has 0 aromatic heterocycles. The summed E-state index contributed by atoms with van der Waals surface area (Å²) in [5.74, 6) is 0. The third-order valence-corrected chi connectivity index (χ3v) is 3.30. The number of hydrogen-bond acceptors (Lipinski definition) is 2. The van der Waals surface area contributed by atoms with E-state index in [1.807, 2.05) is 6.92 Å². The van der Waals surface area contributed by atoms with Crippen LogP contribution >= 0.6 is 0 Å². The van der Waals surface area contributed by atoms with Gasteiger partial charge in [0.05, 0.1) is 0 Å². The predicted octanol–water partition coefficient (Wildman–Crippen LogP) is 1.38. The molecule has 14 heavy (non-hydrogen) atoms. The van der Waals surface area contributed by atoms with E-state index in [9.17, 15) is 13.2 Å². The first-order valence-corrected chi connectivity index (χ1v) is 5.01. The summed E-state index contributed by atoms with van der Waals surface area (Å²) in [5, 5.41) is 3.11. The van der Waals surface area contributed by atoms with Gasteiger partial charge in [-0.1, -0.05) is 0 Å². The second-order valence-electron chi connectivity index (χ2n) is 4.28. The molecule has 0 aromatic carbocycles. The molecule has 82 valence electrons. The van der Waals surface area contributed by atoms with Crippen LogP contribution in [-0.2, 0) is 0 Å². The molecule has 0 amide bonds. The molecule has 2 fully saturated rings. The number of halogens is 3. The average molecular weight is 208 g/mol. The number of nitrogens with zero attached hydrogens (tertiary/aromatic N) is 1. The molecule has 1 atom stereocenters. The molecular formula is C9H15F3N2. The normalized spacial score (nSPS) is 33.0. The van der Waals surface area contributed by atoms with Crippen molar-refractivity contribution in [2.24, 2.45) is 0 Å². The number of piperazine rings is 1. The average Bonchev–Trinajstić information content (AvgIpc) is 2.84. The van der Waals surface area contributed by atoms with Crippen LogP contribution in [-0.4, -0.2) is 42.3 Å². The van der Waals surface area contributed by atoms with Crippen molar-refractivity contribution in [2.45, 2.75) is 37.5 Å². The Bertz CT molecular complexity index is 223. The molecular weight excluding hydrogens is 193 g/mol. The lowest BCUT2D eigenvalue weighted by molar-refractivity contribution is -0.203. The van der Waals surface area contributed by atoms with Gasteiger partial charge in [-0.3, -0.25) is 4.90 Å². The lowest BCUT2D eigenvalue weighted by Gasteiger charge is -2.41. The lowest BCUT2D eigenvalue weighted by Crippen LogP contribution is -2.59. The van der Waals surface area contributed by atoms with Gasteiger partial charge in [-0.15, -0.1) is 0 Å². The van der Waals surface area contributed by atoms with Crippen molar-refractivity contribution in [3.8, 4) is 0 Å². The van der Waals surface area contributed by atoms with Crippen molar-refractivity contribution in [2.75, 3.05) is 19.6 Å². The highest BCUT2D eigenvalue weighted by atomic mass is 19.4. The van der Waals surface area contributed by atoms with Gasteiger partial charge >= 0.3 is 6.18 Å². The fraction of sp³-hybridized carbons (Fsp3) is 1.00. The summed E-state index contributed by atoms with van der Waals surface area (Å²) in [6, 6.07) is -0.00660. The predicted molar refractivity (Wildman–Crippen MR) is 47.1 cm³/mol. The van der Waals surface area contributed by atoms with E-state index in [-0.39, 0.29) is 18.9 Å². The van der Waals surface area contributed by atoms with Crippen LogP contribution < -0.4 is 5.32 Å². The minimum Gasteiger partial charge on any atom is -0.314 e. The monoisotopic (exact) mass is 208 g/mol. The van der Waals surface area contributed by atoms with E-state index in [4.69, 9.17) is 0 Å². The van der Waals surface area contributed by atoms with Crippen LogP contribution in [0.25, 0.3) is 0 Å². The zero-order chi connectivity index (χ0) is 10.4. The zero-order valence-corrected chi connectivity index (χ0v) is 8.19. The second kappa shape index (κ2) is 3.10. The van der Waals surface area contributed by atoms with Gasteiger partial charge in [-0.2, -0.15) is 13.2 Å². The molecule has 1 N–H and O–H groups in total. The molecule has 0 spiro atoms. The smallest absolute Gasteiger partial charge is 0.314 e. The van der Waals surface area contributed by atoms with Crippen LogP contribution in [0.4, 0.5) is 13.2 Å². The molecule has 0 radical (unpaired) electrons. The Labute approximate surface area is 81.5 Å². The van der Waals surface area contributed by atoms with Gasteiger partial charge in [0.2, 0.25) is 0 Å². The maximum Gasteiger partial charge on any atom is 0.406 e. The summed E-state index contributed by atoms with van der Waals surface area (Å²) in [6.07, 6.45) is -3.50. The quantitative estimate of drug-likeness (QED) is 0.700. The van der Waals surface area contributed by atoms with E-state index in [0.717, 1.165) is 0 Å². The van der Waals surface area contributed by atoms with Crippen LogP contribution in [0.5, 0.6) is 0 Å². The highest BCUT2D eigenvalue weighted by Gasteiger charge is 2.67. The van der Waals surface area contributed by atoms with Crippen molar-refractivity contribution in [1.29, 1.82) is 0 Å². The molecule has 0 aromatic rings. The van der Waals surface area contributed by atoms with Crippen LogP contribution in [0.3, 0.4) is 0 Å². The molecule has 1 aliphatic heterocycles. The topological polar surface area (TPSA) is 15.3 Å². The largest absolute Gasteiger partial charge is 0.406 e. The Hall–Kier alpha value is -0.290. The van der Waals surface area contributed by atoms with E-state index in [1.165, 1.54) is 0 Å². The van der Waals surface area contributed by atoms with Crippen LogP contribution in [0, 0.1) is 0 Å². The minimum absolute atomic E-state index is 0.00660. The summed E-state index contributed by atoms with van der Waals surface area (Å²) in [6.45, 7) is 3.71. The summed E-state index contributed by atoms with van der Waals surface area (Å²) in [5.41, 5.74) is -1.48. The van der Waals surface area contributed by atoms with Gasteiger partial charge in [0.25, 0.3) is 0 Å². The summed E-state index contributed by atoms with van der Waals surface area (Å²) in [4.78, 5) is 1.63. The Balaban J connectivity index is 2.13. The maximum atomic E-state index is 12.8. The molecule has 2 nitrogen and oxygen atoms in total. The fourth-order valence-corrected chi connectivity index (χ4v) is 2.33. The van der Waals surface area contributed by atoms with Crippen LogP contribution in [0.1, 0.15) is 19.8 Å². The van der Waals surface area contributed by atoms with Gasteiger partial charge in [-0.05, 0) is 19.8 Å². The Morgan fingerprint density at radius 1 is 1.36 bits per heavy atom. The molecule has 1 heterocycles. The van der Waals surface area contributed by atoms with E-state index < -0.39 is 11.7 Å². The summed E-state index contributed by atoms with van der Waals surface area (Å²) < 4.78 is 38.4. The first-order chi connectivity index (χ1) is 6.47. The lowest BCUT2D eigenvalue weighted by atomic mass is 10.1. The molecule has 2 aliphatic rings. The minimum atomic E-state index is -4.06. The number of alkyl halides is 3. The zero-order valence-electron chi connectivity index (χ0n) is 8.19. The van der Waals surface area contributed by atoms with Gasteiger partial charge in [0, 0.05) is 25.7 Å². The van der Waals surface area contributed by atoms with Crippen LogP contribution in [0.15, 0.2) is 0 Å². The highest BCUT2D eigenvalue weighted by Crippen LogP contribution is 2.54. The molecule has 1 unspecified atom stereocenters. The Morgan fingerprint density at radius 3 is 2.43 bits per heavy atom. The van der Waals surface area contributed by atoms with Crippen molar-refractivity contribution in [3.63, 3.8) is 0 Å². The van der Waals surface area contributed by atoms with Gasteiger partial charge in [0.15, 0.2) is 0 Å². The molecule has 1 aliphatic carbocycles. The molecule has 1 saturated heterocycles. The fourth-order valence-electron chi connectivity index (χ4n) is 2.33. The first-order valence-electron chi connectivity index (χ1n) is 5.01. The van der Waals surface area contributed by atoms with E-state index >= 15 is 0 Å². The van der Waals surface area contributed by atoms with Gasteiger partial charge < -0.3 is 5.32 Å². The first kappa shape index (κ1) is 10.2. The summed E-state index contributed by atoms with van der Waals surface area (Å²) in [7, 11) is 0. The SMILES string of the molecule is CC1CNCCN1C1(C(F)(F)F)CC1. The van der Waals surface area contributed by atoms with E-state index in [0.29, 0.717) is 19.6 Å². The van der Waals surface area contributed by atoms with Crippen molar-refractivity contribution >= 4 is 0 Å². The Morgan fingerprint density at radius 2 is 2.00 bits per heavy atom. The van der Waals surface area contributed by atoms with Crippen LogP contribution in [0.2, 0.25) is 0 Å². The molecule has 2 rings (SSSR count). The van der Waals surface area contributed by atoms with Crippen molar-refractivity contribution in [3.05, 3.63) is 0 Å². The van der Waals surface area contributed by atoms with Crippen molar-refractivity contribution in [1.82, 2.24) is 10.2 Å². The third-order valence-electron chi connectivity index (χ3n) is 3.30. The molecule has 1 saturated carbocycles. The molecule has 5 heteroatoms. The highest BCUT2D eigenvalue weighted by molar-refractivity contribution is 5.11. The third kappa shape index (κ3) is 1.42. The van der Waals surface area contributed by atoms with Gasteiger partial charge in [0.1, 0.15) is 5.54 Å². The second-order valence-corrected chi connectivity index (χ2v) is 4.28. The van der Waals surface area contributed by atoms with E-state index in [2.05, 4.69) is 5.32 Å². The maximum absolute atomic E-state index is 12.8. The molecule has 0 bridgehead atoms. The van der Waals surface area contributed by atoms with Crippen molar-refractivity contribution < 1.29 is 13.2 Å². The standard InChI is InChI=1S/C9H15F3N2/c1-7-6-13-4-5-14(7)8(2-3-8)9(10,11)12/h7,13H,2-6H2,1H3. The van der Waals surface area contributed by atoms with Gasteiger partial charge in [-0.25, -0.2) is 0 Å².